The van der Waals surface area contributed by atoms with Gasteiger partial charge in [-0.25, -0.2) is 22.7 Å². The number of hydrogen-bond donors (Lipinski definition) is 1. The number of halogens is 2. The summed E-state index contributed by atoms with van der Waals surface area (Å²) < 4.78 is 43.5. The minimum absolute atomic E-state index is 0.0492. The minimum atomic E-state index is -0.926. The summed E-state index contributed by atoms with van der Waals surface area (Å²) in [5.74, 6) is -2.12. The van der Waals surface area contributed by atoms with Crippen molar-refractivity contribution in [2.75, 3.05) is 36.5 Å². The summed E-state index contributed by atoms with van der Waals surface area (Å²) in [5, 5.41) is 6.81. The third-order valence-electron chi connectivity index (χ3n) is 6.97. The first-order valence-corrected chi connectivity index (χ1v) is 13.8. The van der Waals surface area contributed by atoms with E-state index in [4.69, 9.17) is 9.47 Å². The van der Waals surface area contributed by atoms with Crippen molar-refractivity contribution >= 4 is 28.5 Å². The van der Waals surface area contributed by atoms with Crippen LogP contribution < -0.4 is 26.2 Å². The van der Waals surface area contributed by atoms with Crippen molar-refractivity contribution in [1.29, 1.82) is 0 Å². The number of amides is 1. The van der Waals surface area contributed by atoms with Crippen LogP contribution in [0.2, 0.25) is 0 Å². The summed E-state index contributed by atoms with van der Waals surface area (Å²) in [7, 11) is 0. The number of morpholine rings is 1. The highest BCUT2D eigenvalue weighted by atomic mass is 19.1. The standard InChI is InChI=1S/C31H30F2N6O5/c1-4-22(8-6-20(3)32)39-30(41)24(19-36(5-2)31(39)42)29(40)35-21-7-9-27(25(33)16-21)44-28-17-23(37-12-14-43-15-13-37)18-38-26(28)10-11-34-38/h4,6-11,16-19H,3,5,12-15H2,1-2H3,(H,35,40)/b8-6-,22-4+. The molecule has 0 atom stereocenters. The van der Waals surface area contributed by atoms with Crippen LogP contribution in [0.4, 0.5) is 20.2 Å². The predicted octanol–water partition coefficient (Wildman–Crippen LogP) is 4.60. The number of ether oxygens (including phenoxy) is 2. The fourth-order valence-corrected chi connectivity index (χ4v) is 4.73. The number of carbonyl (C=O) groups is 1. The molecule has 1 N–H and O–H groups in total. The van der Waals surface area contributed by atoms with Gasteiger partial charge in [0.1, 0.15) is 16.9 Å². The van der Waals surface area contributed by atoms with E-state index in [0.717, 1.165) is 33.2 Å². The molecule has 1 amide bonds. The van der Waals surface area contributed by atoms with Gasteiger partial charge < -0.3 is 19.7 Å². The van der Waals surface area contributed by atoms with Gasteiger partial charge in [0.15, 0.2) is 17.3 Å². The zero-order valence-corrected chi connectivity index (χ0v) is 24.1. The van der Waals surface area contributed by atoms with E-state index in [0.29, 0.717) is 37.6 Å². The monoisotopic (exact) mass is 604 g/mol. The summed E-state index contributed by atoms with van der Waals surface area (Å²) in [5.41, 5.74) is -0.438. The molecule has 13 heteroatoms. The molecule has 1 saturated heterocycles. The average Bonchev–Trinajstić information content (AvgIpc) is 3.50. The number of anilines is 2. The molecule has 0 radical (unpaired) electrons. The van der Waals surface area contributed by atoms with Crippen LogP contribution in [0.3, 0.4) is 0 Å². The zero-order valence-electron chi connectivity index (χ0n) is 24.1. The average molecular weight is 605 g/mol. The molecule has 0 saturated carbocycles. The highest BCUT2D eigenvalue weighted by Gasteiger charge is 2.20. The lowest BCUT2D eigenvalue weighted by Crippen LogP contribution is -2.42. The van der Waals surface area contributed by atoms with Crippen LogP contribution in [0.5, 0.6) is 11.5 Å². The van der Waals surface area contributed by atoms with Gasteiger partial charge in [-0.15, -0.1) is 0 Å². The van der Waals surface area contributed by atoms with Crippen LogP contribution in [0.15, 0.2) is 89.1 Å². The first kappa shape index (κ1) is 30.2. The van der Waals surface area contributed by atoms with Crippen LogP contribution in [0.1, 0.15) is 24.2 Å². The van der Waals surface area contributed by atoms with E-state index in [1.165, 1.54) is 24.3 Å². The fourth-order valence-electron chi connectivity index (χ4n) is 4.73. The van der Waals surface area contributed by atoms with Crippen molar-refractivity contribution in [3.63, 3.8) is 0 Å². The third-order valence-corrected chi connectivity index (χ3v) is 6.97. The molecule has 228 valence electrons. The Morgan fingerprint density at radius 2 is 1.91 bits per heavy atom. The maximum Gasteiger partial charge on any atom is 0.335 e. The molecule has 0 bridgehead atoms. The lowest BCUT2D eigenvalue weighted by molar-refractivity contribution is 0.102. The van der Waals surface area contributed by atoms with Gasteiger partial charge in [0.2, 0.25) is 0 Å². The Kier molecular flexibility index (Phi) is 8.86. The van der Waals surface area contributed by atoms with Crippen LogP contribution in [-0.4, -0.2) is 51.0 Å². The molecule has 0 unspecified atom stereocenters. The Morgan fingerprint density at radius 3 is 2.59 bits per heavy atom. The molecule has 1 aliphatic heterocycles. The van der Waals surface area contributed by atoms with E-state index in [-0.39, 0.29) is 29.2 Å². The summed E-state index contributed by atoms with van der Waals surface area (Å²) in [6, 6.07) is 7.40. The van der Waals surface area contributed by atoms with Crippen molar-refractivity contribution in [3.05, 3.63) is 112 Å². The molecular weight excluding hydrogens is 574 g/mol. The maximum absolute atomic E-state index is 15.3. The number of benzene rings is 1. The molecule has 3 aromatic heterocycles. The van der Waals surface area contributed by atoms with Crippen molar-refractivity contribution in [2.24, 2.45) is 0 Å². The van der Waals surface area contributed by atoms with Crippen molar-refractivity contribution in [1.82, 2.24) is 18.7 Å². The van der Waals surface area contributed by atoms with Gasteiger partial charge in [-0.1, -0.05) is 12.7 Å². The number of fused-ring (bicyclic) bond motifs is 1. The fraction of sp³-hybridized carbons (Fsp3) is 0.226. The number of hydrogen-bond acceptors (Lipinski definition) is 7. The van der Waals surface area contributed by atoms with E-state index in [2.05, 4.69) is 21.9 Å². The minimum Gasteiger partial charge on any atom is -0.452 e. The number of nitrogens with zero attached hydrogens (tertiary/aromatic N) is 5. The quantitative estimate of drug-likeness (QED) is 0.278. The smallest absolute Gasteiger partial charge is 0.335 e. The Bertz CT molecular complexity index is 1920. The molecule has 0 aliphatic carbocycles. The number of carbonyl (C=O) groups excluding carboxylic acids is 1. The number of aryl methyl sites for hydroxylation is 1. The molecule has 44 heavy (non-hydrogen) atoms. The van der Waals surface area contributed by atoms with E-state index >= 15 is 4.39 Å². The van der Waals surface area contributed by atoms with Crippen molar-refractivity contribution < 1.29 is 23.0 Å². The Morgan fingerprint density at radius 1 is 1.14 bits per heavy atom. The molecule has 5 rings (SSSR count). The second-order valence-corrected chi connectivity index (χ2v) is 9.77. The number of allylic oxidation sites excluding steroid dienone is 5. The first-order chi connectivity index (χ1) is 21.2. The van der Waals surface area contributed by atoms with Crippen LogP contribution in [0, 0.1) is 5.82 Å². The molecule has 0 spiro atoms. The summed E-state index contributed by atoms with van der Waals surface area (Å²) in [4.78, 5) is 41.5. The third kappa shape index (κ3) is 6.22. The molecule has 1 fully saturated rings. The molecular formula is C31H30F2N6O5. The second-order valence-electron chi connectivity index (χ2n) is 9.77. The number of nitrogens with one attached hydrogen (secondary N) is 1. The molecule has 1 aliphatic rings. The lowest BCUT2D eigenvalue weighted by atomic mass is 10.2. The second kappa shape index (κ2) is 12.9. The molecule has 4 aromatic rings. The van der Waals surface area contributed by atoms with Gasteiger partial charge in [0.05, 0.1) is 31.3 Å². The maximum atomic E-state index is 15.3. The SMILES string of the molecule is C=C(F)/C=C\C(=C/C)n1c(=O)c(C(=O)Nc2ccc(Oc3cc(N4CCOCC4)cn4nccc34)c(F)c2)cn(CC)c1=O. The van der Waals surface area contributed by atoms with Gasteiger partial charge >= 0.3 is 5.69 Å². The van der Waals surface area contributed by atoms with Gasteiger partial charge in [0.25, 0.3) is 11.5 Å². The van der Waals surface area contributed by atoms with Gasteiger partial charge in [-0.05, 0) is 44.2 Å². The van der Waals surface area contributed by atoms with Crippen molar-refractivity contribution in [3.8, 4) is 11.5 Å². The van der Waals surface area contributed by atoms with Crippen LogP contribution in [-0.2, 0) is 11.3 Å². The summed E-state index contributed by atoms with van der Waals surface area (Å²) in [6.45, 7) is 9.05. The highest BCUT2D eigenvalue weighted by molar-refractivity contribution is 6.04. The van der Waals surface area contributed by atoms with E-state index < -0.39 is 28.8 Å². The summed E-state index contributed by atoms with van der Waals surface area (Å²) >= 11 is 0. The normalized spacial score (nSPS) is 13.9. The first-order valence-electron chi connectivity index (χ1n) is 13.8. The number of rotatable bonds is 9. The van der Waals surface area contributed by atoms with Gasteiger partial charge in [-0.2, -0.15) is 5.10 Å². The van der Waals surface area contributed by atoms with E-state index in [1.807, 2.05) is 12.3 Å². The number of pyridine rings is 1. The van der Waals surface area contributed by atoms with Gasteiger partial charge in [-0.3, -0.25) is 14.2 Å². The van der Waals surface area contributed by atoms with E-state index in [1.54, 1.807) is 30.6 Å². The molecule has 4 heterocycles. The lowest BCUT2D eigenvalue weighted by Gasteiger charge is -2.29. The zero-order chi connectivity index (χ0) is 31.4. The van der Waals surface area contributed by atoms with Crippen LogP contribution >= 0.6 is 0 Å². The largest absolute Gasteiger partial charge is 0.452 e. The summed E-state index contributed by atoms with van der Waals surface area (Å²) in [6.07, 6.45) is 8.23. The Balaban J connectivity index is 1.42. The van der Waals surface area contributed by atoms with Crippen molar-refractivity contribution in [2.45, 2.75) is 20.4 Å². The molecule has 11 nitrogen and oxygen atoms in total. The van der Waals surface area contributed by atoms with Crippen LogP contribution in [0.25, 0.3) is 11.2 Å². The molecule has 1 aromatic carbocycles. The topological polar surface area (TPSA) is 112 Å². The predicted molar refractivity (Wildman–Crippen MR) is 163 cm³/mol. The Hall–Kier alpha value is -5.30. The Labute approximate surface area is 250 Å². The highest BCUT2D eigenvalue weighted by Crippen LogP contribution is 2.33. The number of aromatic nitrogens is 4. The van der Waals surface area contributed by atoms with E-state index in [9.17, 15) is 18.8 Å². The van der Waals surface area contributed by atoms with Gasteiger partial charge in [0, 0.05) is 49.3 Å².